The third kappa shape index (κ3) is 3.07. The molecule has 5 heteroatoms. The van der Waals surface area contributed by atoms with Crippen LogP contribution in [0.2, 0.25) is 0 Å². The number of anilines is 1. The summed E-state index contributed by atoms with van der Waals surface area (Å²) < 4.78 is 1.49. The maximum absolute atomic E-state index is 9.47. The monoisotopic (exact) mass is 231 g/mol. The molecule has 1 rings (SSSR count). The van der Waals surface area contributed by atoms with Crippen molar-refractivity contribution < 1.29 is 9.79 Å². The Morgan fingerprint density at radius 1 is 1.29 bits per heavy atom. The van der Waals surface area contributed by atoms with Crippen molar-refractivity contribution in [2.24, 2.45) is 0 Å². The maximum atomic E-state index is 9.47. The molecule has 0 amide bonds. The van der Waals surface area contributed by atoms with Gasteiger partial charge in [0.1, 0.15) is 0 Å². The van der Waals surface area contributed by atoms with E-state index in [-0.39, 0.29) is 0 Å². The molecule has 0 unspecified atom stereocenters. The summed E-state index contributed by atoms with van der Waals surface area (Å²) >= 11 is 4.70. The molecule has 1 aromatic carbocycles. The first-order valence-corrected chi connectivity index (χ1v) is 7.10. The molecule has 3 nitrogen and oxygen atoms in total. The van der Waals surface area contributed by atoms with Gasteiger partial charge in [-0.25, -0.2) is 0 Å². The van der Waals surface area contributed by atoms with Crippen LogP contribution in [0.15, 0.2) is 30.3 Å². The fourth-order valence-corrected chi connectivity index (χ4v) is 2.64. The minimum Gasteiger partial charge on any atom is -0.329 e. The van der Waals surface area contributed by atoms with Crippen molar-refractivity contribution >= 4 is 24.1 Å². The number of hydrogen-bond acceptors (Lipinski definition) is 1. The van der Waals surface area contributed by atoms with Crippen molar-refractivity contribution in [2.45, 2.75) is 13.3 Å². The lowest BCUT2D eigenvalue weighted by molar-refractivity contribution is 0.472. The summed E-state index contributed by atoms with van der Waals surface area (Å²) in [6.07, 6.45) is 0.828. The van der Waals surface area contributed by atoms with E-state index in [4.69, 9.17) is 11.8 Å². The van der Waals surface area contributed by atoms with Crippen molar-refractivity contribution in [1.82, 2.24) is 0 Å². The Balaban J connectivity index is 2.95. The van der Waals surface area contributed by atoms with Crippen LogP contribution in [0.3, 0.4) is 0 Å². The molecule has 0 saturated carbocycles. The van der Waals surface area contributed by atoms with Crippen LogP contribution in [-0.4, -0.2) is 16.3 Å². The standard InChI is InChI=1S/C9H14NO2PS/c1-2-8-10(13(11,12)14)9-6-4-3-5-7-9/h3-7H,2,8H2,1H3,(H2,11,12,14). The molecule has 0 aromatic heterocycles. The molecule has 14 heavy (non-hydrogen) atoms. The molecule has 0 fully saturated rings. The van der Waals surface area contributed by atoms with E-state index in [9.17, 15) is 9.79 Å². The molecule has 0 saturated heterocycles. The average molecular weight is 231 g/mol. The van der Waals surface area contributed by atoms with E-state index in [1.165, 1.54) is 4.67 Å². The molecule has 78 valence electrons. The van der Waals surface area contributed by atoms with E-state index in [1.807, 2.05) is 37.3 Å². The number of nitrogens with zero attached hydrogens (tertiary/aromatic N) is 1. The topological polar surface area (TPSA) is 43.7 Å². The van der Waals surface area contributed by atoms with Crippen molar-refractivity contribution in [3.05, 3.63) is 30.3 Å². The second-order valence-corrected chi connectivity index (χ2v) is 5.95. The molecule has 1 aromatic rings. The molecular formula is C9H14NO2PS. The summed E-state index contributed by atoms with van der Waals surface area (Å²) in [5.41, 5.74) is 0.766. The molecule has 0 aliphatic carbocycles. The normalized spacial score (nSPS) is 11.4. The number of benzene rings is 1. The highest BCUT2D eigenvalue weighted by Gasteiger charge is 2.19. The zero-order chi connectivity index (χ0) is 10.6. The largest absolute Gasteiger partial charge is 0.329 e. The average Bonchev–Trinajstić information content (AvgIpc) is 2.14. The smallest absolute Gasteiger partial charge is 0.284 e. The number of rotatable bonds is 4. The minimum absolute atomic E-state index is 0.564. The fraction of sp³-hybridized carbons (Fsp3) is 0.333. The van der Waals surface area contributed by atoms with Crippen LogP contribution in [0, 0.1) is 0 Å². The van der Waals surface area contributed by atoms with E-state index in [1.54, 1.807) is 0 Å². The lowest BCUT2D eigenvalue weighted by atomic mass is 10.3. The lowest BCUT2D eigenvalue weighted by Gasteiger charge is -2.27. The Morgan fingerprint density at radius 3 is 2.29 bits per heavy atom. The van der Waals surface area contributed by atoms with E-state index < -0.39 is 6.64 Å². The molecule has 0 bridgehead atoms. The van der Waals surface area contributed by atoms with Gasteiger partial charge in [0.25, 0.3) is 6.64 Å². The highest BCUT2D eigenvalue weighted by molar-refractivity contribution is 8.09. The fourth-order valence-electron chi connectivity index (χ4n) is 1.22. The lowest BCUT2D eigenvalue weighted by Crippen LogP contribution is -2.19. The molecule has 2 N–H and O–H groups in total. The van der Waals surface area contributed by atoms with Gasteiger partial charge in [0, 0.05) is 12.2 Å². The Morgan fingerprint density at radius 2 is 1.86 bits per heavy atom. The Labute approximate surface area is 89.2 Å². The van der Waals surface area contributed by atoms with Gasteiger partial charge in [0.15, 0.2) is 0 Å². The van der Waals surface area contributed by atoms with Crippen molar-refractivity contribution in [3.8, 4) is 0 Å². The number of hydrogen-bond donors (Lipinski definition) is 2. The van der Waals surface area contributed by atoms with Crippen LogP contribution >= 0.6 is 6.64 Å². The van der Waals surface area contributed by atoms with Crippen LogP contribution in [0.5, 0.6) is 0 Å². The van der Waals surface area contributed by atoms with Crippen molar-refractivity contribution in [3.63, 3.8) is 0 Å². The summed E-state index contributed by atoms with van der Waals surface area (Å²) in [7, 11) is 0. The van der Waals surface area contributed by atoms with Crippen LogP contribution in [0.25, 0.3) is 0 Å². The third-order valence-electron chi connectivity index (χ3n) is 1.80. The van der Waals surface area contributed by atoms with E-state index >= 15 is 0 Å². The van der Waals surface area contributed by atoms with Gasteiger partial charge in [-0.15, -0.1) is 0 Å². The molecule has 0 aliphatic heterocycles. The summed E-state index contributed by atoms with van der Waals surface area (Å²) in [6.45, 7) is -0.811. The van der Waals surface area contributed by atoms with Crippen molar-refractivity contribution in [2.75, 3.05) is 11.2 Å². The van der Waals surface area contributed by atoms with Gasteiger partial charge >= 0.3 is 0 Å². The van der Waals surface area contributed by atoms with Crippen molar-refractivity contribution in [1.29, 1.82) is 0 Å². The van der Waals surface area contributed by atoms with Crippen LogP contribution in [-0.2, 0) is 11.8 Å². The predicted molar refractivity (Wildman–Crippen MR) is 62.8 cm³/mol. The van der Waals surface area contributed by atoms with Gasteiger partial charge in [-0.1, -0.05) is 25.1 Å². The summed E-state index contributed by atoms with van der Waals surface area (Å²) in [5.74, 6) is 0. The van der Waals surface area contributed by atoms with E-state index in [0.717, 1.165) is 12.1 Å². The molecule has 0 heterocycles. The highest BCUT2D eigenvalue weighted by atomic mass is 32.5. The van der Waals surface area contributed by atoms with Gasteiger partial charge in [-0.3, -0.25) is 0 Å². The zero-order valence-electron chi connectivity index (χ0n) is 8.00. The highest BCUT2D eigenvalue weighted by Crippen LogP contribution is 2.43. The Bertz CT molecular complexity index is 325. The van der Waals surface area contributed by atoms with E-state index in [2.05, 4.69) is 0 Å². The SMILES string of the molecule is CCCN(c1ccccc1)P(O)(O)=S. The first-order chi connectivity index (χ1) is 6.55. The first-order valence-electron chi connectivity index (χ1n) is 4.44. The second-order valence-electron chi connectivity index (χ2n) is 2.97. The van der Waals surface area contributed by atoms with E-state index in [0.29, 0.717) is 6.54 Å². The summed E-state index contributed by atoms with van der Waals surface area (Å²) in [6, 6.07) is 9.23. The molecule has 0 aliphatic rings. The van der Waals surface area contributed by atoms with Gasteiger partial charge < -0.3 is 14.5 Å². The molecule has 0 radical (unpaired) electrons. The van der Waals surface area contributed by atoms with Crippen LogP contribution < -0.4 is 4.67 Å². The quantitative estimate of drug-likeness (QED) is 0.779. The van der Waals surface area contributed by atoms with Gasteiger partial charge in [-0.05, 0) is 30.4 Å². The minimum atomic E-state index is -3.35. The van der Waals surface area contributed by atoms with Gasteiger partial charge in [-0.2, -0.15) is 0 Å². The second kappa shape index (κ2) is 4.89. The van der Waals surface area contributed by atoms with Crippen LogP contribution in [0.4, 0.5) is 5.69 Å². The summed E-state index contributed by atoms with van der Waals surface area (Å²) in [4.78, 5) is 18.9. The first kappa shape index (κ1) is 11.7. The third-order valence-corrected chi connectivity index (χ3v) is 3.46. The Kier molecular flexibility index (Phi) is 4.08. The molecule has 0 atom stereocenters. The number of para-hydroxylation sites is 1. The maximum Gasteiger partial charge on any atom is 0.284 e. The van der Waals surface area contributed by atoms with Gasteiger partial charge in [0.05, 0.1) is 0 Å². The summed E-state index contributed by atoms with van der Waals surface area (Å²) in [5, 5.41) is 0. The van der Waals surface area contributed by atoms with Gasteiger partial charge in [0.2, 0.25) is 0 Å². The molecule has 0 spiro atoms. The molecular weight excluding hydrogens is 217 g/mol. The van der Waals surface area contributed by atoms with Crippen LogP contribution in [0.1, 0.15) is 13.3 Å². The Hall–Kier alpha value is -0.410. The zero-order valence-corrected chi connectivity index (χ0v) is 9.71. The predicted octanol–water partition coefficient (Wildman–Crippen LogP) is 2.11.